The largest absolute Gasteiger partial charge is 0.497 e. The standard InChI is InChI=1S/C19H22FNO5S/c1-21(12-14-8-10-15(25-2)11-9-14)27(23,24)13-17(19(22)26-3)16-6-4-5-7-18(16)20/h4-11,17H,12-13H2,1-3H3. The van der Waals surface area contributed by atoms with Crippen LogP contribution >= 0.6 is 0 Å². The molecule has 27 heavy (non-hydrogen) atoms. The maximum atomic E-state index is 14.1. The predicted molar refractivity (Wildman–Crippen MR) is 99.4 cm³/mol. The van der Waals surface area contributed by atoms with Gasteiger partial charge in [0.05, 0.1) is 25.9 Å². The van der Waals surface area contributed by atoms with Gasteiger partial charge in [-0.15, -0.1) is 0 Å². The Balaban J connectivity index is 2.21. The van der Waals surface area contributed by atoms with Crippen LogP contribution in [0.25, 0.3) is 0 Å². The molecule has 0 aliphatic heterocycles. The number of benzene rings is 2. The van der Waals surface area contributed by atoms with E-state index in [1.54, 1.807) is 37.4 Å². The van der Waals surface area contributed by atoms with Crippen LogP contribution in [0.3, 0.4) is 0 Å². The summed E-state index contributed by atoms with van der Waals surface area (Å²) in [5.74, 6) is -2.63. The molecule has 0 saturated heterocycles. The molecule has 0 spiro atoms. The number of hydrogen-bond donors (Lipinski definition) is 0. The molecule has 0 heterocycles. The van der Waals surface area contributed by atoms with E-state index in [1.165, 1.54) is 25.2 Å². The van der Waals surface area contributed by atoms with Crippen molar-refractivity contribution in [2.45, 2.75) is 12.5 Å². The average molecular weight is 395 g/mol. The molecule has 0 aromatic heterocycles. The minimum Gasteiger partial charge on any atom is -0.497 e. The highest BCUT2D eigenvalue weighted by Crippen LogP contribution is 2.24. The van der Waals surface area contributed by atoms with Crippen LogP contribution in [0.4, 0.5) is 4.39 Å². The van der Waals surface area contributed by atoms with Crippen molar-refractivity contribution in [3.05, 3.63) is 65.5 Å². The maximum absolute atomic E-state index is 14.1. The SMILES string of the molecule is COC(=O)C(CS(=O)(=O)N(C)Cc1ccc(OC)cc1)c1ccccc1F. The zero-order valence-corrected chi connectivity index (χ0v) is 16.2. The maximum Gasteiger partial charge on any atom is 0.314 e. The number of ether oxygens (including phenoxy) is 2. The van der Waals surface area contributed by atoms with Gasteiger partial charge in [0, 0.05) is 19.2 Å². The van der Waals surface area contributed by atoms with Gasteiger partial charge in [0.2, 0.25) is 10.0 Å². The Morgan fingerprint density at radius 3 is 2.30 bits per heavy atom. The lowest BCUT2D eigenvalue weighted by Crippen LogP contribution is -2.34. The zero-order chi connectivity index (χ0) is 20.0. The molecular formula is C19H22FNO5S. The molecule has 6 nitrogen and oxygen atoms in total. The van der Waals surface area contributed by atoms with E-state index in [0.717, 1.165) is 17.0 Å². The van der Waals surface area contributed by atoms with Crippen molar-refractivity contribution in [1.82, 2.24) is 4.31 Å². The summed E-state index contributed by atoms with van der Waals surface area (Å²) in [5, 5.41) is 0. The average Bonchev–Trinajstić information content (AvgIpc) is 2.66. The second-order valence-electron chi connectivity index (χ2n) is 5.98. The molecule has 0 radical (unpaired) electrons. The normalized spacial score (nSPS) is 12.6. The molecule has 8 heteroatoms. The Kier molecular flexibility index (Phi) is 6.92. The van der Waals surface area contributed by atoms with E-state index in [-0.39, 0.29) is 12.1 Å². The van der Waals surface area contributed by atoms with Gasteiger partial charge in [0.1, 0.15) is 11.6 Å². The Bertz CT molecular complexity index is 883. The Labute approximate surface area is 158 Å². The molecule has 1 unspecified atom stereocenters. The number of methoxy groups -OCH3 is 2. The fraction of sp³-hybridized carbons (Fsp3) is 0.316. The van der Waals surface area contributed by atoms with E-state index >= 15 is 0 Å². The Hall–Kier alpha value is -2.45. The van der Waals surface area contributed by atoms with Crippen LogP contribution in [-0.4, -0.2) is 45.7 Å². The Morgan fingerprint density at radius 2 is 1.74 bits per heavy atom. The van der Waals surface area contributed by atoms with Gasteiger partial charge in [-0.3, -0.25) is 4.79 Å². The highest BCUT2D eigenvalue weighted by molar-refractivity contribution is 7.89. The summed E-state index contributed by atoms with van der Waals surface area (Å²) in [5.41, 5.74) is 0.744. The number of carbonyl (C=O) groups is 1. The van der Waals surface area contributed by atoms with E-state index in [0.29, 0.717) is 5.75 Å². The second-order valence-corrected chi connectivity index (χ2v) is 8.10. The van der Waals surface area contributed by atoms with Gasteiger partial charge in [0.15, 0.2) is 0 Å². The quantitative estimate of drug-likeness (QED) is 0.643. The molecule has 0 fully saturated rings. The van der Waals surface area contributed by atoms with Crippen molar-refractivity contribution >= 4 is 16.0 Å². The lowest BCUT2D eigenvalue weighted by atomic mass is 10.0. The van der Waals surface area contributed by atoms with E-state index in [2.05, 4.69) is 4.74 Å². The van der Waals surface area contributed by atoms with Crippen LogP contribution in [0, 0.1) is 5.82 Å². The van der Waals surface area contributed by atoms with Gasteiger partial charge in [-0.2, -0.15) is 0 Å². The molecule has 0 aliphatic rings. The fourth-order valence-corrected chi connectivity index (χ4v) is 3.95. The number of rotatable bonds is 8. The lowest BCUT2D eigenvalue weighted by Gasteiger charge is -2.21. The third-order valence-corrected chi connectivity index (χ3v) is 6.02. The van der Waals surface area contributed by atoms with Crippen LogP contribution in [0.1, 0.15) is 17.0 Å². The van der Waals surface area contributed by atoms with Gasteiger partial charge in [-0.05, 0) is 23.8 Å². The first-order valence-corrected chi connectivity index (χ1v) is 9.78. The highest BCUT2D eigenvalue weighted by atomic mass is 32.2. The smallest absolute Gasteiger partial charge is 0.314 e. The van der Waals surface area contributed by atoms with Crippen molar-refractivity contribution in [2.24, 2.45) is 0 Å². The first-order valence-electron chi connectivity index (χ1n) is 8.17. The summed E-state index contributed by atoms with van der Waals surface area (Å²) < 4.78 is 50.5. The minimum absolute atomic E-state index is 0.00854. The van der Waals surface area contributed by atoms with E-state index < -0.39 is 33.5 Å². The molecule has 0 amide bonds. The minimum atomic E-state index is -3.86. The van der Waals surface area contributed by atoms with E-state index in [1.807, 2.05) is 0 Å². The summed E-state index contributed by atoms with van der Waals surface area (Å²) in [7, 11) is 0.239. The van der Waals surface area contributed by atoms with Gasteiger partial charge in [-0.1, -0.05) is 30.3 Å². The number of nitrogens with zero attached hydrogens (tertiary/aromatic N) is 1. The molecular weight excluding hydrogens is 373 g/mol. The van der Waals surface area contributed by atoms with Gasteiger partial charge in [0.25, 0.3) is 0 Å². The first-order chi connectivity index (χ1) is 12.8. The molecule has 1 atom stereocenters. The van der Waals surface area contributed by atoms with Gasteiger partial charge in [-0.25, -0.2) is 17.1 Å². The van der Waals surface area contributed by atoms with E-state index in [9.17, 15) is 17.6 Å². The van der Waals surface area contributed by atoms with Gasteiger partial charge >= 0.3 is 5.97 Å². The van der Waals surface area contributed by atoms with Gasteiger partial charge < -0.3 is 9.47 Å². The van der Waals surface area contributed by atoms with E-state index in [4.69, 9.17) is 4.74 Å². The third-order valence-electron chi connectivity index (χ3n) is 4.18. The van der Waals surface area contributed by atoms with Crippen LogP contribution in [0.2, 0.25) is 0 Å². The van der Waals surface area contributed by atoms with Crippen LogP contribution in [0.5, 0.6) is 5.75 Å². The number of hydrogen-bond acceptors (Lipinski definition) is 5. The lowest BCUT2D eigenvalue weighted by molar-refractivity contribution is -0.141. The first kappa shape index (κ1) is 20.9. The summed E-state index contributed by atoms with van der Waals surface area (Å²) in [6, 6.07) is 12.5. The predicted octanol–water partition coefficient (Wildman–Crippen LogP) is 2.55. The second kappa shape index (κ2) is 8.96. The summed E-state index contributed by atoms with van der Waals surface area (Å²) in [6.45, 7) is 0.109. The van der Waals surface area contributed by atoms with Crippen molar-refractivity contribution in [2.75, 3.05) is 27.0 Å². The molecule has 2 rings (SSSR count). The van der Waals surface area contributed by atoms with Crippen molar-refractivity contribution in [3.63, 3.8) is 0 Å². The number of carbonyl (C=O) groups excluding carboxylic acids is 1. The third kappa shape index (κ3) is 5.27. The van der Waals surface area contributed by atoms with Crippen molar-refractivity contribution < 1.29 is 27.1 Å². The molecule has 0 aliphatic carbocycles. The fourth-order valence-electron chi connectivity index (χ4n) is 2.61. The van der Waals surface area contributed by atoms with Crippen molar-refractivity contribution in [3.8, 4) is 5.75 Å². The molecule has 146 valence electrons. The number of sulfonamides is 1. The zero-order valence-electron chi connectivity index (χ0n) is 15.4. The number of halogens is 1. The summed E-state index contributed by atoms with van der Waals surface area (Å²) >= 11 is 0. The van der Waals surface area contributed by atoms with Crippen LogP contribution in [0.15, 0.2) is 48.5 Å². The molecule has 2 aromatic rings. The molecule has 2 aromatic carbocycles. The molecule has 0 N–H and O–H groups in total. The van der Waals surface area contributed by atoms with Crippen molar-refractivity contribution in [1.29, 1.82) is 0 Å². The van der Waals surface area contributed by atoms with Crippen LogP contribution in [-0.2, 0) is 26.1 Å². The topological polar surface area (TPSA) is 72.9 Å². The van der Waals surface area contributed by atoms with Crippen LogP contribution < -0.4 is 4.74 Å². The molecule has 0 saturated carbocycles. The molecule has 0 bridgehead atoms. The summed E-state index contributed by atoms with van der Waals surface area (Å²) in [6.07, 6.45) is 0. The number of esters is 1. The Morgan fingerprint density at radius 1 is 1.11 bits per heavy atom. The summed E-state index contributed by atoms with van der Waals surface area (Å²) in [4.78, 5) is 12.1. The monoisotopic (exact) mass is 395 g/mol. The highest BCUT2D eigenvalue weighted by Gasteiger charge is 2.32.